The number of nitrogens with zero attached hydrogens (tertiary/aromatic N) is 2. The average Bonchev–Trinajstić information content (AvgIpc) is 2.66. The second kappa shape index (κ2) is 3.91. The minimum absolute atomic E-state index is 0.313. The van der Waals surface area contributed by atoms with Crippen LogP contribution in [-0.2, 0) is 0 Å². The summed E-state index contributed by atoms with van der Waals surface area (Å²) < 4.78 is 0. The van der Waals surface area contributed by atoms with Gasteiger partial charge in [-0.3, -0.25) is 14.6 Å². The molecular weight excluding hydrogens is 242 g/mol. The van der Waals surface area contributed by atoms with Gasteiger partial charge >= 0.3 is 0 Å². The van der Waals surface area contributed by atoms with Crippen LogP contribution in [0.25, 0.3) is 0 Å². The minimum Gasteiger partial charge on any atom is -0.397 e. The molecule has 0 radical (unpaired) electrons. The van der Waals surface area contributed by atoms with Crippen molar-refractivity contribution in [1.29, 1.82) is 0 Å². The van der Waals surface area contributed by atoms with Gasteiger partial charge in [0.25, 0.3) is 11.8 Å². The number of amides is 2. The lowest BCUT2D eigenvalue weighted by Crippen LogP contribution is -2.30. The van der Waals surface area contributed by atoms with E-state index in [4.69, 9.17) is 5.73 Å². The highest BCUT2D eigenvalue weighted by atomic mass is 16.2. The highest BCUT2D eigenvalue weighted by molar-refractivity contribution is 6.35. The highest BCUT2D eigenvalue weighted by Gasteiger charge is 2.37. The van der Waals surface area contributed by atoms with E-state index in [0.717, 1.165) is 10.5 Å². The van der Waals surface area contributed by atoms with Crippen LogP contribution in [0.4, 0.5) is 11.4 Å². The third-order valence-electron chi connectivity index (χ3n) is 3.11. The molecule has 0 atom stereocenters. The predicted molar refractivity (Wildman–Crippen MR) is 71.0 cm³/mol. The summed E-state index contributed by atoms with van der Waals surface area (Å²) in [6.45, 7) is 1.88. The Hall–Kier alpha value is -2.69. The number of benzene rings is 1. The Kier molecular flexibility index (Phi) is 2.35. The summed E-state index contributed by atoms with van der Waals surface area (Å²) in [5.74, 6) is -0.745. The lowest BCUT2D eigenvalue weighted by Gasteiger charge is -2.16. The smallest absolute Gasteiger partial charge is 0.267 e. The van der Waals surface area contributed by atoms with Gasteiger partial charge in [0, 0.05) is 12.4 Å². The predicted octanol–water partition coefficient (Wildman–Crippen LogP) is 1.77. The van der Waals surface area contributed by atoms with E-state index < -0.39 is 0 Å². The zero-order valence-electron chi connectivity index (χ0n) is 10.3. The molecule has 0 aliphatic carbocycles. The highest BCUT2D eigenvalue weighted by Crippen LogP contribution is 2.32. The topological polar surface area (TPSA) is 76.3 Å². The lowest BCUT2D eigenvalue weighted by molar-refractivity contribution is 0.0926. The van der Waals surface area contributed by atoms with Crippen molar-refractivity contribution in [3.63, 3.8) is 0 Å². The fraction of sp³-hybridized carbons (Fsp3) is 0.0714. The van der Waals surface area contributed by atoms with Crippen molar-refractivity contribution < 1.29 is 9.59 Å². The molecule has 0 spiro atoms. The average molecular weight is 253 g/mol. The zero-order chi connectivity index (χ0) is 13.6. The molecule has 1 aliphatic rings. The fourth-order valence-corrected chi connectivity index (χ4v) is 2.15. The van der Waals surface area contributed by atoms with Gasteiger partial charge in [0.2, 0.25) is 0 Å². The Morgan fingerprint density at radius 2 is 1.84 bits per heavy atom. The van der Waals surface area contributed by atoms with Crippen LogP contribution in [0.3, 0.4) is 0 Å². The molecule has 2 heterocycles. The third kappa shape index (κ3) is 1.59. The molecule has 0 saturated heterocycles. The van der Waals surface area contributed by atoms with Crippen LogP contribution < -0.4 is 10.6 Å². The number of anilines is 2. The third-order valence-corrected chi connectivity index (χ3v) is 3.11. The molecule has 2 N–H and O–H groups in total. The van der Waals surface area contributed by atoms with Crippen LogP contribution in [0, 0.1) is 6.92 Å². The molecule has 0 unspecified atom stereocenters. The van der Waals surface area contributed by atoms with Gasteiger partial charge < -0.3 is 5.73 Å². The minimum atomic E-state index is -0.384. The number of nitrogen functional groups attached to an aromatic ring is 1. The Morgan fingerprint density at radius 3 is 2.58 bits per heavy atom. The van der Waals surface area contributed by atoms with Crippen molar-refractivity contribution in [2.24, 2.45) is 0 Å². The number of fused-ring (bicyclic) bond motifs is 1. The van der Waals surface area contributed by atoms with Gasteiger partial charge in [-0.05, 0) is 30.7 Å². The first-order valence-corrected chi connectivity index (χ1v) is 5.78. The summed E-state index contributed by atoms with van der Waals surface area (Å²) in [7, 11) is 0. The van der Waals surface area contributed by atoms with E-state index in [1.807, 2.05) is 13.0 Å². The number of aryl methyl sites for hydroxylation is 1. The SMILES string of the molecule is Cc1ccc(N)c(N2C(=O)c3ccncc3C2=O)c1. The number of carbonyl (C=O) groups excluding carboxylic acids is 2. The lowest BCUT2D eigenvalue weighted by atomic mass is 10.2. The van der Waals surface area contributed by atoms with E-state index in [-0.39, 0.29) is 11.8 Å². The summed E-state index contributed by atoms with van der Waals surface area (Å²) in [5, 5.41) is 0. The number of nitrogens with two attached hydrogens (primary N) is 1. The number of hydrogen-bond donors (Lipinski definition) is 1. The molecule has 1 aromatic carbocycles. The summed E-state index contributed by atoms with van der Waals surface area (Å²) in [4.78, 5) is 29.6. The van der Waals surface area contributed by atoms with Crippen LogP contribution in [0.5, 0.6) is 0 Å². The van der Waals surface area contributed by atoms with Crippen molar-refractivity contribution >= 4 is 23.2 Å². The molecule has 5 nitrogen and oxygen atoms in total. The Morgan fingerprint density at radius 1 is 1.11 bits per heavy atom. The standard InChI is InChI=1S/C14H11N3O2/c1-8-2-3-11(15)12(6-8)17-13(18)9-4-5-16-7-10(9)14(17)19/h2-7H,15H2,1H3. The molecule has 0 fully saturated rings. The quantitative estimate of drug-likeness (QED) is 0.620. The largest absolute Gasteiger partial charge is 0.397 e. The second-order valence-electron chi connectivity index (χ2n) is 4.43. The van der Waals surface area contributed by atoms with Crippen LogP contribution >= 0.6 is 0 Å². The molecule has 94 valence electrons. The van der Waals surface area contributed by atoms with E-state index in [0.29, 0.717) is 22.5 Å². The number of hydrogen-bond acceptors (Lipinski definition) is 4. The maximum atomic E-state index is 12.3. The number of carbonyl (C=O) groups is 2. The zero-order valence-corrected chi connectivity index (χ0v) is 10.3. The Balaban J connectivity index is 2.17. The normalized spacial score (nSPS) is 13.8. The number of pyridine rings is 1. The summed E-state index contributed by atoms with van der Waals surface area (Å²) >= 11 is 0. The van der Waals surface area contributed by atoms with Gasteiger partial charge in [-0.2, -0.15) is 0 Å². The summed E-state index contributed by atoms with van der Waals surface area (Å²) in [6.07, 6.45) is 2.90. The first kappa shape index (κ1) is 11.4. The van der Waals surface area contributed by atoms with E-state index in [2.05, 4.69) is 4.98 Å². The van der Waals surface area contributed by atoms with Crippen molar-refractivity contribution in [3.8, 4) is 0 Å². The van der Waals surface area contributed by atoms with E-state index in [9.17, 15) is 9.59 Å². The second-order valence-corrected chi connectivity index (χ2v) is 4.43. The molecule has 2 aromatic rings. The Labute approximate surface area is 109 Å². The van der Waals surface area contributed by atoms with Gasteiger partial charge in [-0.25, -0.2) is 4.90 Å². The van der Waals surface area contributed by atoms with E-state index in [1.165, 1.54) is 12.4 Å². The van der Waals surface area contributed by atoms with Crippen molar-refractivity contribution in [2.75, 3.05) is 10.6 Å². The summed E-state index contributed by atoms with van der Waals surface area (Å²) in [5.41, 5.74) is 8.29. The monoisotopic (exact) mass is 253 g/mol. The van der Waals surface area contributed by atoms with E-state index >= 15 is 0 Å². The van der Waals surface area contributed by atoms with Gasteiger partial charge in [0.15, 0.2) is 0 Å². The molecule has 2 amide bonds. The molecular formula is C14H11N3O2. The van der Waals surface area contributed by atoms with Gasteiger partial charge in [0.05, 0.1) is 22.5 Å². The maximum Gasteiger partial charge on any atom is 0.267 e. The van der Waals surface area contributed by atoms with Crippen LogP contribution in [0.2, 0.25) is 0 Å². The van der Waals surface area contributed by atoms with Crippen molar-refractivity contribution in [3.05, 3.63) is 53.3 Å². The Bertz CT molecular complexity index is 675. The molecule has 5 heteroatoms. The van der Waals surface area contributed by atoms with Crippen molar-refractivity contribution in [1.82, 2.24) is 4.98 Å². The fourth-order valence-electron chi connectivity index (χ4n) is 2.15. The number of aromatic nitrogens is 1. The number of imide groups is 1. The number of rotatable bonds is 1. The van der Waals surface area contributed by atoms with Crippen LogP contribution in [0.1, 0.15) is 26.3 Å². The molecule has 1 aliphatic heterocycles. The molecule has 19 heavy (non-hydrogen) atoms. The van der Waals surface area contributed by atoms with Gasteiger partial charge in [0.1, 0.15) is 0 Å². The molecule has 0 saturated carbocycles. The maximum absolute atomic E-state index is 12.3. The van der Waals surface area contributed by atoms with E-state index in [1.54, 1.807) is 18.2 Å². The van der Waals surface area contributed by atoms with Crippen LogP contribution in [0.15, 0.2) is 36.7 Å². The van der Waals surface area contributed by atoms with Crippen LogP contribution in [-0.4, -0.2) is 16.8 Å². The van der Waals surface area contributed by atoms with Gasteiger partial charge in [-0.15, -0.1) is 0 Å². The first-order valence-electron chi connectivity index (χ1n) is 5.78. The summed E-state index contributed by atoms with van der Waals surface area (Å²) in [6, 6.07) is 6.79. The molecule has 1 aromatic heterocycles. The van der Waals surface area contributed by atoms with Crippen molar-refractivity contribution in [2.45, 2.75) is 6.92 Å². The molecule has 3 rings (SSSR count). The first-order chi connectivity index (χ1) is 9.09. The van der Waals surface area contributed by atoms with Gasteiger partial charge in [-0.1, -0.05) is 6.07 Å². The molecule has 0 bridgehead atoms.